The first-order valence-corrected chi connectivity index (χ1v) is 9.79. The number of hydrogen-bond acceptors (Lipinski definition) is 3. The Morgan fingerprint density at radius 2 is 1.79 bits per heavy atom. The van der Waals surface area contributed by atoms with E-state index in [2.05, 4.69) is 0 Å². The molecule has 1 atom stereocenters. The first-order valence-electron chi connectivity index (χ1n) is 9.41. The Morgan fingerprint density at radius 3 is 2.34 bits per heavy atom. The minimum Gasteiger partial charge on any atom is -0.480 e. The molecule has 1 unspecified atom stereocenters. The highest BCUT2D eigenvalue weighted by Gasteiger charge is 2.30. The summed E-state index contributed by atoms with van der Waals surface area (Å²) in [4.78, 5) is 36.5. The Morgan fingerprint density at radius 1 is 1.14 bits per heavy atom. The molecule has 0 fully saturated rings. The third-order valence-electron chi connectivity index (χ3n) is 4.63. The highest BCUT2D eigenvalue weighted by molar-refractivity contribution is 6.30. The maximum absolute atomic E-state index is 12.5. The van der Waals surface area contributed by atoms with Crippen molar-refractivity contribution in [2.45, 2.75) is 45.8 Å². The monoisotopic (exact) mass is 423 g/mol. The molecule has 1 heterocycles. The maximum Gasteiger partial charge on any atom is 0.408 e. The molecular formula is C20H26ClN3O5. The van der Waals surface area contributed by atoms with Gasteiger partial charge in [0.2, 0.25) is 0 Å². The van der Waals surface area contributed by atoms with E-state index in [1.54, 1.807) is 18.5 Å². The third-order valence-corrected chi connectivity index (χ3v) is 4.87. The van der Waals surface area contributed by atoms with Crippen LogP contribution < -0.4 is 5.69 Å². The highest BCUT2D eigenvalue weighted by atomic mass is 35.5. The summed E-state index contributed by atoms with van der Waals surface area (Å²) in [5.74, 6) is -1.17. The van der Waals surface area contributed by atoms with Crippen LogP contribution in [0.4, 0.5) is 4.79 Å². The number of hydrogen-bond donors (Lipinski definition) is 2. The van der Waals surface area contributed by atoms with Gasteiger partial charge >= 0.3 is 17.8 Å². The van der Waals surface area contributed by atoms with Gasteiger partial charge in [0.05, 0.1) is 0 Å². The number of halogens is 1. The van der Waals surface area contributed by atoms with Crippen LogP contribution in [0.1, 0.15) is 25.8 Å². The number of rotatable bonds is 10. The predicted molar refractivity (Wildman–Crippen MR) is 109 cm³/mol. The minimum atomic E-state index is -1.31. The van der Waals surface area contributed by atoms with Gasteiger partial charge in [-0.15, -0.1) is 0 Å². The summed E-state index contributed by atoms with van der Waals surface area (Å²) in [6.07, 6.45) is 2.74. The zero-order chi connectivity index (χ0) is 21.6. The lowest BCUT2D eigenvalue weighted by Crippen LogP contribution is -2.47. The van der Waals surface area contributed by atoms with Crippen LogP contribution in [0.5, 0.6) is 0 Å². The van der Waals surface area contributed by atoms with Crippen molar-refractivity contribution in [1.29, 1.82) is 0 Å². The van der Waals surface area contributed by atoms with Gasteiger partial charge in [-0.3, -0.25) is 14.0 Å². The van der Waals surface area contributed by atoms with E-state index in [9.17, 15) is 24.6 Å². The number of aromatic nitrogens is 2. The van der Waals surface area contributed by atoms with Crippen LogP contribution in [0.2, 0.25) is 5.02 Å². The second-order valence-corrected chi connectivity index (χ2v) is 7.74. The van der Waals surface area contributed by atoms with Crippen molar-refractivity contribution in [2.24, 2.45) is 5.92 Å². The summed E-state index contributed by atoms with van der Waals surface area (Å²) in [5, 5.41) is 19.5. The summed E-state index contributed by atoms with van der Waals surface area (Å²) in [6.45, 7) is 4.12. The van der Waals surface area contributed by atoms with E-state index in [1.807, 2.05) is 32.0 Å². The molecule has 1 aromatic heterocycles. The maximum atomic E-state index is 12.5. The number of carboxylic acids is 1. The number of benzene rings is 1. The molecule has 2 aromatic rings. The van der Waals surface area contributed by atoms with Gasteiger partial charge in [0, 0.05) is 37.1 Å². The number of carboxylic acid groups (broad SMARTS) is 2. The van der Waals surface area contributed by atoms with Gasteiger partial charge in [-0.25, -0.2) is 14.4 Å². The van der Waals surface area contributed by atoms with Crippen molar-refractivity contribution in [3.8, 4) is 0 Å². The Labute approximate surface area is 173 Å². The van der Waals surface area contributed by atoms with E-state index in [4.69, 9.17) is 11.6 Å². The molecule has 29 heavy (non-hydrogen) atoms. The second kappa shape index (κ2) is 10.2. The molecular weight excluding hydrogens is 398 g/mol. The lowest BCUT2D eigenvalue weighted by Gasteiger charge is -2.27. The molecule has 0 spiro atoms. The van der Waals surface area contributed by atoms with Crippen molar-refractivity contribution in [2.75, 3.05) is 6.54 Å². The SMILES string of the molecule is CC(C)CC(C(=O)O)N(CCn1ccn(CCc2cccc(Cl)c2)c1=O)C(=O)O. The molecule has 0 aliphatic heterocycles. The Bertz CT molecular complexity index is 906. The van der Waals surface area contributed by atoms with Crippen molar-refractivity contribution >= 4 is 23.7 Å². The van der Waals surface area contributed by atoms with E-state index >= 15 is 0 Å². The van der Waals surface area contributed by atoms with Crippen LogP contribution in [0.3, 0.4) is 0 Å². The summed E-state index contributed by atoms with van der Waals surface area (Å²) in [7, 11) is 0. The molecule has 158 valence electrons. The molecule has 0 aliphatic carbocycles. The van der Waals surface area contributed by atoms with Gasteiger partial charge in [-0.05, 0) is 36.5 Å². The fourth-order valence-corrected chi connectivity index (χ4v) is 3.36. The Kier molecular flexibility index (Phi) is 7.90. The van der Waals surface area contributed by atoms with Crippen LogP contribution >= 0.6 is 11.6 Å². The number of aliphatic carboxylic acids is 1. The molecule has 9 heteroatoms. The minimum absolute atomic E-state index is 0.0215. The lowest BCUT2D eigenvalue weighted by atomic mass is 10.0. The molecule has 2 rings (SSSR count). The fraction of sp³-hybridized carbons (Fsp3) is 0.450. The lowest BCUT2D eigenvalue weighted by molar-refractivity contribution is -0.143. The summed E-state index contributed by atoms with van der Waals surface area (Å²) < 4.78 is 2.93. The van der Waals surface area contributed by atoms with Crippen LogP contribution in [0, 0.1) is 5.92 Å². The van der Waals surface area contributed by atoms with E-state index in [-0.39, 0.29) is 31.1 Å². The Balaban J connectivity index is 2.04. The zero-order valence-corrected chi connectivity index (χ0v) is 17.2. The standard InChI is InChI=1S/C20H26ClN3O5/c1-14(2)12-17(18(25)26)24(20(28)29)11-10-23-9-8-22(19(23)27)7-6-15-4-3-5-16(21)13-15/h3-5,8-9,13-14,17H,6-7,10-12H2,1-2H3,(H,25,26)(H,28,29). The van der Waals surface area contributed by atoms with Crippen molar-refractivity contribution in [3.63, 3.8) is 0 Å². The van der Waals surface area contributed by atoms with Gasteiger partial charge in [-0.1, -0.05) is 37.6 Å². The van der Waals surface area contributed by atoms with E-state index in [0.29, 0.717) is 18.0 Å². The van der Waals surface area contributed by atoms with Crippen molar-refractivity contribution in [3.05, 3.63) is 57.7 Å². The number of carbonyl (C=O) groups is 2. The average molecular weight is 424 g/mol. The van der Waals surface area contributed by atoms with Gasteiger partial charge < -0.3 is 10.2 Å². The molecule has 0 aliphatic rings. The van der Waals surface area contributed by atoms with E-state index in [0.717, 1.165) is 10.5 Å². The highest BCUT2D eigenvalue weighted by Crippen LogP contribution is 2.13. The van der Waals surface area contributed by atoms with Crippen LogP contribution in [0.15, 0.2) is 41.5 Å². The normalized spacial score (nSPS) is 12.1. The average Bonchev–Trinajstić information content (AvgIpc) is 2.98. The smallest absolute Gasteiger partial charge is 0.408 e. The number of amides is 1. The van der Waals surface area contributed by atoms with Crippen molar-refractivity contribution < 1.29 is 19.8 Å². The topological polar surface area (TPSA) is 105 Å². The van der Waals surface area contributed by atoms with Gasteiger partial charge in [-0.2, -0.15) is 0 Å². The second-order valence-electron chi connectivity index (χ2n) is 7.31. The molecule has 0 saturated carbocycles. The van der Waals surface area contributed by atoms with E-state index < -0.39 is 18.1 Å². The summed E-state index contributed by atoms with van der Waals surface area (Å²) >= 11 is 5.97. The third kappa shape index (κ3) is 6.39. The first kappa shape index (κ1) is 22.5. The number of imidazole rings is 1. The zero-order valence-electron chi connectivity index (χ0n) is 16.5. The first-order chi connectivity index (χ1) is 13.7. The van der Waals surface area contributed by atoms with Gasteiger partial charge in [0.1, 0.15) is 6.04 Å². The summed E-state index contributed by atoms with van der Waals surface area (Å²) in [5.41, 5.74) is 0.736. The molecule has 1 amide bonds. The molecule has 8 nitrogen and oxygen atoms in total. The largest absolute Gasteiger partial charge is 0.480 e. The van der Waals surface area contributed by atoms with Crippen LogP contribution in [-0.2, 0) is 24.3 Å². The predicted octanol–water partition coefficient (Wildman–Crippen LogP) is 3.03. The summed E-state index contributed by atoms with van der Waals surface area (Å²) in [6, 6.07) is 6.26. The quantitative estimate of drug-likeness (QED) is 0.611. The van der Waals surface area contributed by atoms with Gasteiger partial charge in [0.25, 0.3) is 0 Å². The van der Waals surface area contributed by atoms with Crippen LogP contribution in [0.25, 0.3) is 0 Å². The van der Waals surface area contributed by atoms with Crippen LogP contribution in [-0.4, -0.2) is 48.9 Å². The fourth-order valence-electron chi connectivity index (χ4n) is 3.14. The number of nitrogens with zero attached hydrogens (tertiary/aromatic N) is 3. The van der Waals surface area contributed by atoms with Gasteiger partial charge in [0.15, 0.2) is 0 Å². The molecule has 0 radical (unpaired) electrons. The molecule has 2 N–H and O–H groups in total. The number of aryl methyl sites for hydroxylation is 2. The van der Waals surface area contributed by atoms with E-state index in [1.165, 1.54) is 9.13 Å². The molecule has 0 bridgehead atoms. The Hall–Kier alpha value is -2.74. The molecule has 0 saturated heterocycles. The molecule has 1 aromatic carbocycles. The van der Waals surface area contributed by atoms with Crippen molar-refractivity contribution in [1.82, 2.24) is 14.0 Å².